The zero-order valence-corrected chi connectivity index (χ0v) is 5.44. The first-order chi connectivity index (χ1) is 2.27. The summed E-state index contributed by atoms with van der Waals surface area (Å²) in [6, 6.07) is 0. The second-order valence-electron chi connectivity index (χ2n) is 0.696. The van der Waals surface area contributed by atoms with E-state index < -0.39 is 0 Å². The molecule has 0 rings (SSSR count). The first-order valence-corrected chi connectivity index (χ1v) is 1.32. The Morgan fingerprint density at radius 2 is 1.83 bits per heavy atom. The van der Waals surface area contributed by atoms with Crippen LogP contribution in [0.15, 0.2) is 0 Å². The minimum absolute atomic E-state index is 0. The lowest BCUT2D eigenvalue weighted by Gasteiger charge is -1.80. The Balaban J connectivity index is 0. The van der Waals surface area contributed by atoms with Gasteiger partial charge in [0.25, 0.3) is 0 Å². The van der Waals surface area contributed by atoms with Crippen LogP contribution in [0.3, 0.4) is 0 Å². The summed E-state index contributed by atoms with van der Waals surface area (Å²) < 4.78 is 4.11. The number of methoxy groups -OCH3 is 1. The van der Waals surface area contributed by atoms with Crippen molar-refractivity contribution in [1.82, 2.24) is 0 Å². The molecule has 0 bridgehead atoms. The summed E-state index contributed by atoms with van der Waals surface area (Å²) in [7, 11) is 1.35. The van der Waals surface area contributed by atoms with Crippen molar-refractivity contribution in [2.24, 2.45) is 0 Å². The van der Waals surface area contributed by atoms with Crippen LogP contribution in [-0.2, 0) is 9.53 Å². The average Bonchev–Trinajstić information content (AvgIpc) is 1.38. The van der Waals surface area contributed by atoms with Gasteiger partial charge in [-0.25, -0.2) is 0 Å². The molecule has 0 spiro atoms. The molecule has 38 valence electrons. The van der Waals surface area contributed by atoms with Crippen molar-refractivity contribution in [3.8, 4) is 0 Å². The van der Waals surface area contributed by atoms with E-state index in [1.54, 1.807) is 0 Å². The van der Waals surface area contributed by atoms with Gasteiger partial charge >= 0.3 is 5.97 Å². The molecule has 0 aliphatic heterocycles. The molecule has 0 radical (unpaired) electrons. The molecule has 0 aliphatic carbocycles. The molecule has 0 N–H and O–H groups in total. The number of carbonyl (C=O) groups is 1. The molecule has 1 unspecified atom stereocenters. The summed E-state index contributed by atoms with van der Waals surface area (Å²) in [5.74, 6) is -0.245. The summed E-state index contributed by atoms with van der Waals surface area (Å²) in [5, 5.41) is 0. The molecule has 0 aromatic heterocycles. The maximum atomic E-state index is 9.59. The van der Waals surface area contributed by atoms with Crippen molar-refractivity contribution in [2.75, 3.05) is 7.11 Å². The Kier molecular flexibility index (Phi) is 7.61. The molecular weight excluding hydrogens is 99.0 g/mol. The number of esters is 1. The second kappa shape index (κ2) is 4.90. The Bertz CT molecular complexity index is 44.1. The van der Waals surface area contributed by atoms with Crippen LogP contribution in [-0.4, -0.2) is 13.1 Å². The third kappa shape index (κ3) is 9.09. The second-order valence-corrected chi connectivity index (χ2v) is 0.696. The van der Waals surface area contributed by atoms with Crippen molar-refractivity contribution < 1.29 is 9.53 Å². The fraction of sp³-hybridized carbons (Fsp3) is 0.667. The van der Waals surface area contributed by atoms with Crippen LogP contribution in [0.2, 0.25) is 0 Å². The molecule has 3 heteroatoms. The minimum atomic E-state index is -0.245. The van der Waals surface area contributed by atoms with Gasteiger partial charge in [0.1, 0.15) is 0 Å². The SMILES string of the molecule is COC(C)=O.P. The topological polar surface area (TPSA) is 26.3 Å². The van der Waals surface area contributed by atoms with E-state index in [-0.39, 0.29) is 15.9 Å². The van der Waals surface area contributed by atoms with Gasteiger partial charge in [0.2, 0.25) is 0 Å². The quantitative estimate of drug-likeness (QED) is 0.328. The van der Waals surface area contributed by atoms with Gasteiger partial charge in [-0.1, -0.05) is 0 Å². The van der Waals surface area contributed by atoms with Crippen LogP contribution in [0, 0.1) is 0 Å². The standard InChI is InChI=1S/C3H6O2.H3P/c1-3(4)5-2;/h1-2H3;1H3. The number of ether oxygens (including phenoxy) is 1. The van der Waals surface area contributed by atoms with E-state index in [2.05, 4.69) is 4.74 Å². The first kappa shape index (κ1) is 9.31. The van der Waals surface area contributed by atoms with E-state index in [0.29, 0.717) is 0 Å². The van der Waals surface area contributed by atoms with Gasteiger partial charge in [0.05, 0.1) is 7.11 Å². The molecule has 1 atom stereocenters. The zero-order chi connectivity index (χ0) is 4.28. The molecule has 2 nitrogen and oxygen atoms in total. The molecule has 0 amide bonds. The summed E-state index contributed by atoms with van der Waals surface area (Å²) in [4.78, 5) is 9.59. The predicted octanol–water partition coefficient (Wildman–Crippen LogP) is 0.237. The van der Waals surface area contributed by atoms with E-state index >= 15 is 0 Å². The molecule has 0 aliphatic rings. The fourth-order valence-corrected chi connectivity index (χ4v) is 0. The van der Waals surface area contributed by atoms with Crippen LogP contribution in [0.5, 0.6) is 0 Å². The van der Waals surface area contributed by atoms with Gasteiger partial charge in [0.15, 0.2) is 0 Å². The van der Waals surface area contributed by atoms with Crippen molar-refractivity contribution >= 4 is 15.9 Å². The van der Waals surface area contributed by atoms with Crippen molar-refractivity contribution in [1.29, 1.82) is 0 Å². The van der Waals surface area contributed by atoms with Crippen LogP contribution in [0.1, 0.15) is 6.92 Å². The summed E-state index contributed by atoms with van der Waals surface area (Å²) >= 11 is 0. The van der Waals surface area contributed by atoms with Gasteiger partial charge in [-0.2, -0.15) is 9.90 Å². The van der Waals surface area contributed by atoms with Crippen LogP contribution < -0.4 is 0 Å². The highest BCUT2D eigenvalue weighted by atomic mass is 31.0. The lowest BCUT2D eigenvalue weighted by atomic mass is 10.8. The summed E-state index contributed by atoms with van der Waals surface area (Å²) in [6.07, 6.45) is 0. The van der Waals surface area contributed by atoms with E-state index in [0.717, 1.165) is 0 Å². The van der Waals surface area contributed by atoms with Crippen molar-refractivity contribution in [2.45, 2.75) is 6.92 Å². The first-order valence-electron chi connectivity index (χ1n) is 1.32. The third-order valence-electron chi connectivity index (χ3n) is 0.287. The smallest absolute Gasteiger partial charge is 0.302 e. The molecule has 0 saturated heterocycles. The monoisotopic (exact) mass is 108 g/mol. The van der Waals surface area contributed by atoms with E-state index in [9.17, 15) is 4.79 Å². The van der Waals surface area contributed by atoms with Crippen LogP contribution in [0.4, 0.5) is 0 Å². The molecule has 0 aromatic rings. The average molecular weight is 108 g/mol. The largest absolute Gasteiger partial charge is 0.469 e. The van der Waals surface area contributed by atoms with Gasteiger partial charge < -0.3 is 4.74 Å². The third-order valence-corrected chi connectivity index (χ3v) is 0.287. The maximum Gasteiger partial charge on any atom is 0.302 e. The van der Waals surface area contributed by atoms with Crippen LogP contribution >= 0.6 is 9.90 Å². The highest BCUT2D eigenvalue weighted by Gasteiger charge is 1.75. The summed E-state index contributed by atoms with van der Waals surface area (Å²) in [6.45, 7) is 1.36. The van der Waals surface area contributed by atoms with Gasteiger partial charge in [-0.3, -0.25) is 4.79 Å². The molecule has 0 saturated carbocycles. The highest BCUT2D eigenvalue weighted by molar-refractivity contribution is 6.92. The number of rotatable bonds is 0. The number of hydrogen-bond donors (Lipinski definition) is 0. The number of carbonyl (C=O) groups excluding carboxylic acids is 1. The Labute approximate surface area is 40.5 Å². The molecule has 0 heterocycles. The predicted molar refractivity (Wildman–Crippen MR) is 28.8 cm³/mol. The lowest BCUT2D eigenvalue weighted by molar-refractivity contribution is -0.137. The normalized spacial score (nSPS) is 5.67. The molecular formula is C3H9O2P. The van der Waals surface area contributed by atoms with Crippen molar-refractivity contribution in [3.05, 3.63) is 0 Å². The van der Waals surface area contributed by atoms with Gasteiger partial charge in [0, 0.05) is 6.92 Å². The highest BCUT2D eigenvalue weighted by Crippen LogP contribution is 1.60. The van der Waals surface area contributed by atoms with E-state index in [4.69, 9.17) is 0 Å². The van der Waals surface area contributed by atoms with Gasteiger partial charge in [-0.15, -0.1) is 0 Å². The Morgan fingerprint density at radius 3 is 1.83 bits per heavy atom. The Hall–Kier alpha value is -0.100. The van der Waals surface area contributed by atoms with Crippen molar-refractivity contribution in [3.63, 3.8) is 0 Å². The number of hydrogen-bond acceptors (Lipinski definition) is 2. The van der Waals surface area contributed by atoms with Gasteiger partial charge in [-0.05, 0) is 0 Å². The molecule has 0 aromatic carbocycles. The fourth-order valence-electron chi connectivity index (χ4n) is 0. The lowest BCUT2D eigenvalue weighted by Crippen LogP contribution is -1.88. The molecule has 0 fully saturated rings. The zero-order valence-electron chi connectivity index (χ0n) is 4.02. The summed E-state index contributed by atoms with van der Waals surface area (Å²) in [5.41, 5.74) is 0. The van der Waals surface area contributed by atoms with E-state index in [1.165, 1.54) is 14.0 Å². The maximum absolute atomic E-state index is 9.59. The minimum Gasteiger partial charge on any atom is -0.469 e. The van der Waals surface area contributed by atoms with E-state index in [1.807, 2.05) is 0 Å². The molecule has 6 heavy (non-hydrogen) atoms. The Morgan fingerprint density at radius 1 is 1.67 bits per heavy atom. The van der Waals surface area contributed by atoms with Crippen LogP contribution in [0.25, 0.3) is 0 Å².